The summed E-state index contributed by atoms with van der Waals surface area (Å²) < 4.78 is 37.9. The fourth-order valence-electron chi connectivity index (χ4n) is 2.29. The number of halogens is 1. The fourth-order valence-corrected chi connectivity index (χ4v) is 3.48. The Labute approximate surface area is 140 Å². The number of hydrogen-bond donors (Lipinski definition) is 1. The van der Waals surface area contributed by atoms with Crippen molar-refractivity contribution in [2.75, 3.05) is 19.8 Å². The van der Waals surface area contributed by atoms with Crippen LogP contribution >= 0.6 is 11.6 Å². The molecule has 1 heterocycles. The maximum absolute atomic E-state index is 12.3. The van der Waals surface area contributed by atoms with Gasteiger partial charge in [0.05, 0.1) is 11.5 Å². The number of fused-ring (bicyclic) bond motifs is 1. The molecule has 0 saturated carbocycles. The topological polar surface area (TPSA) is 64.6 Å². The van der Waals surface area contributed by atoms with Crippen LogP contribution in [0.5, 0.6) is 11.5 Å². The Bertz CT molecular complexity index is 790. The lowest BCUT2D eigenvalue weighted by atomic mass is 10.2. The first-order valence-corrected chi connectivity index (χ1v) is 9.04. The lowest BCUT2D eigenvalue weighted by Gasteiger charge is -2.09. The van der Waals surface area contributed by atoms with Crippen LogP contribution in [0.15, 0.2) is 47.4 Å². The van der Waals surface area contributed by atoms with Gasteiger partial charge in [0.15, 0.2) is 0 Å². The van der Waals surface area contributed by atoms with Crippen molar-refractivity contribution in [2.45, 2.75) is 11.3 Å². The third kappa shape index (κ3) is 3.96. The second-order valence-corrected chi connectivity index (χ2v) is 7.27. The molecule has 1 aliphatic rings. The highest BCUT2D eigenvalue weighted by Crippen LogP contribution is 2.27. The first-order chi connectivity index (χ1) is 11.0. The summed E-state index contributed by atoms with van der Waals surface area (Å²) in [7, 11) is -3.55. The van der Waals surface area contributed by atoms with Gasteiger partial charge in [0.1, 0.15) is 18.1 Å². The van der Waals surface area contributed by atoms with Crippen molar-refractivity contribution in [3.8, 4) is 11.5 Å². The average molecular weight is 354 g/mol. The van der Waals surface area contributed by atoms with E-state index in [9.17, 15) is 8.42 Å². The van der Waals surface area contributed by atoms with Crippen molar-refractivity contribution >= 4 is 21.6 Å². The molecule has 5 nitrogen and oxygen atoms in total. The van der Waals surface area contributed by atoms with Crippen molar-refractivity contribution in [1.29, 1.82) is 0 Å². The van der Waals surface area contributed by atoms with E-state index in [0.717, 1.165) is 17.7 Å². The highest BCUT2D eigenvalue weighted by atomic mass is 35.5. The lowest BCUT2D eigenvalue weighted by molar-refractivity contribution is 0.323. The van der Waals surface area contributed by atoms with Crippen molar-refractivity contribution in [3.05, 3.63) is 53.1 Å². The number of sulfonamides is 1. The molecule has 0 amide bonds. The maximum Gasteiger partial charge on any atom is 0.240 e. The minimum Gasteiger partial charge on any atom is -0.493 e. The van der Waals surface area contributed by atoms with Crippen LogP contribution in [0.2, 0.25) is 5.02 Å². The van der Waals surface area contributed by atoms with Crippen molar-refractivity contribution < 1.29 is 17.9 Å². The molecule has 0 fully saturated rings. The van der Waals surface area contributed by atoms with E-state index in [1.165, 1.54) is 0 Å². The fraction of sp³-hybridized carbons (Fsp3) is 0.250. The molecule has 122 valence electrons. The van der Waals surface area contributed by atoms with Gasteiger partial charge in [-0.15, -0.1) is 0 Å². The average Bonchev–Trinajstić information content (AvgIpc) is 3.01. The first kappa shape index (κ1) is 16.1. The van der Waals surface area contributed by atoms with Crippen LogP contribution in [0.4, 0.5) is 0 Å². The summed E-state index contributed by atoms with van der Waals surface area (Å²) in [5.41, 5.74) is 0.922. The summed E-state index contributed by atoms with van der Waals surface area (Å²) in [6.07, 6.45) is 0.734. The highest BCUT2D eigenvalue weighted by Gasteiger charge is 2.18. The maximum atomic E-state index is 12.3. The van der Waals surface area contributed by atoms with Gasteiger partial charge in [-0.1, -0.05) is 11.6 Å². The molecule has 0 radical (unpaired) electrons. The van der Waals surface area contributed by atoms with Crippen molar-refractivity contribution in [1.82, 2.24) is 4.72 Å². The smallest absolute Gasteiger partial charge is 0.240 e. The Morgan fingerprint density at radius 1 is 1.17 bits per heavy atom. The monoisotopic (exact) mass is 353 g/mol. The molecule has 3 rings (SSSR count). The Balaban J connectivity index is 1.55. The summed E-state index contributed by atoms with van der Waals surface area (Å²) in [5, 5.41) is 0.624. The number of ether oxygens (including phenoxy) is 2. The molecule has 1 N–H and O–H groups in total. The van der Waals surface area contributed by atoms with E-state index in [1.807, 2.05) is 0 Å². The Morgan fingerprint density at radius 3 is 2.74 bits per heavy atom. The van der Waals surface area contributed by atoms with Crippen molar-refractivity contribution in [2.24, 2.45) is 0 Å². The van der Waals surface area contributed by atoms with E-state index in [-0.39, 0.29) is 18.0 Å². The standard InChI is InChI=1S/C16H16ClNO4S/c17-13-1-3-14(4-2-13)21-10-8-18-23(19,20)15-5-6-16-12(11-15)7-9-22-16/h1-6,11,18H,7-10H2. The van der Waals surface area contributed by atoms with Gasteiger partial charge in [-0.3, -0.25) is 0 Å². The van der Waals surface area contributed by atoms with Gasteiger partial charge in [0.2, 0.25) is 10.0 Å². The zero-order valence-electron chi connectivity index (χ0n) is 12.3. The summed E-state index contributed by atoms with van der Waals surface area (Å²) in [6, 6.07) is 11.8. The van der Waals surface area contributed by atoms with E-state index in [0.29, 0.717) is 17.4 Å². The van der Waals surface area contributed by atoms with Gasteiger partial charge in [0.25, 0.3) is 0 Å². The Hall–Kier alpha value is -1.76. The summed E-state index contributed by atoms with van der Waals surface area (Å²) in [4.78, 5) is 0.244. The molecule has 0 atom stereocenters. The van der Waals surface area contributed by atoms with Gasteiger partial charge in [-0.2, -0.15) is 0 Å². The van der Waals surface area contributed by atoms with Crippen LogP contribution in [0.25, 0.3) is 0 Å². The molecule has 2 aromatic carbocycles. The minimum atomic E-state index is -3.55. The molecular formula is C16H16ClNO4S. The largest absolute Gasteiger partial charge is 0.493 e. The molecule has 0 bridgehead atoms. The predicted octanol–water partition coefficient (Wildman–Crippen LogP) is 2.63. The second kappa shape index (κ2) is 6.78. The first-order valence-electron chi connectivity index (χ1n) is 7.18. The quantitative estimate of drug-likeness (QED) is 0.811. The Kier molecular flexibility index (Phi) is 4.75. The van der Waals surface area contributed by atoms with Crippen LogP contribution in [0, 0.1) is 0 Å². The van der Waals surface area contributed by atoms with Gasteiger partial charge < -0.3 is 9.47 Å². The lowest BCUT2D eigenvalue weighted by Crippen LogP contribution is -2.28. The van der Waals surface area contributed by atoms with E-state index in [2.05, 4.69) is 4.72 Å². The van der Waals surface area contributed by atoms with Gasteiger partial charge >= 0.3 is 0 Å². The molecule has 0 unspecified atom stereocenters. The number of rotatable bonds is 6. The van der Waals surface area contributed by atoms with Crippen LogP contribution in [0.3, 0.4) is 0 Å². The third-order valence-corrected chi connectivity index (χ3v) is 5.16. The second-order valence-electron chi connectivity index (χ2n) is 5.07. The minimum absolute atomic E-state index is 0.179. The zero-order valence-corrected chi connectivity index (χ0v) is 13.9. The number of nitrogens with one attached hydrogen (secondary N) is 1. The van der Waals surface area contributed by atoms with Gasteiger partial charge in [-0.25, -0.2) is 13.1 Å². The molecule has 2 aromatic rings. The SMILES string of the molecule is O=S(=O)(NCCOc1ccc(Cl)cc1)c1ccc2c(c1)CCO2. The predicted molar refractivity (Wildman–Crippen MR) is 87.8 cm³/mol. The summed E-state index contributed by atoms with van der Waals surface area (Å²) >= 11 is 5.78. The number of hydrogen-bond acceptors (Lipinski definition) is 4. The molecule has 0 saturated heterocycles. The van der Waals surface area contributed by atoms with Crippen molar-refractivity contribution in [3.63, 3.8) is 0 Å². The van der Waals surface area contributed by atoms with Gasteiger partial charge in [-0.05, 0) is 48.0 Å². The molecule has 23 heavy (non-hydrogen) atoms. The van der Waals surface area contributed by atoms with E-state index in [1.54, 1.807) is 42.5 Å². The normalized spacial score (nSPS) is 13.4. The van der Waals surface area contributed by atoms with Crippen LogP contribution < -0.4 is 14.2 Å². The Morgan fingerprint density at radius 2 is 1.96 bits per heavy atom. The molecular weight excluding hydrogens is 338 g/mol. The third-order valence-electron chi connectivity index (χ3n) is 3.45. The van der Waals surface area contributed by atoms with E-state index >= 15 is 0 Å². The number of benzene rings is 2. The zero-order chi connectivity index (χ0) is 16.3. The van der Waals surface area contributed by atoms with Gasteiger partial charge in [0, 0.05) is 18.0 Å². The summed E-state index contributed by atoms with van der Waals surface area (Å²) in [6.45, 7) is 1.01. The van der Waals surface area contributed by atoms with Crippen LogP contribution in [-0.2, 0) is 16.4 Å². The van der Waals surface area contributed by atoms with Crippen LogP contribution in [0.1, 0.15) is 5.56 Å². The highest BCUT2D eigenvalue weighted by molar-refractivity contribution is 7.89. The molecule has 0 aliphatic carbocycles. The molecule has 0 aromatic heterocycles. The van der Waals surface area contributed by atoms with E-state index < -0.39 is 10.0 Å². The molecule has 7 heteroatoms. The van der Waals surface area contributed by atoms with Crippen LogP contribution in [-0.4, -0.2) is 28.2 Å². The molecule has 1 aliphatic heterocycles. The molecule has 0 spiro atoms. The summed E-state index contributed by atoms with van der Waals surface area (Å²) in [5.74, 6) is 1.40. The van der Waals surface area contributed by atoms with E-state index in [4.69, 9.17) is 21.1 Å².